The monoisotopic (exact) mass is 346 g/mol. The van der Waals surface area contributed by atoms with Gasteiger partial charge in [-0.05, 0) is 53.9 Å². The average molecular weight is 347 g/mol. The highest BCUT2D eigenvalue weighted by Crippen LogP contribution is 2.48. The third kappa shape index (κ3) is 3.29. The fourth-order valence-electron chi connectivity index (χ4n) is 4.05. The van der Waals surface area contributed by atoms with Gasteiger partial charge in [-0.2, -0.15) is 0 Å². The Morgan fingerprint density at radius 3 is 2.40 bits per heavy atom. The molecule has 0 aliphatic heterocycles. The summed E-state index contributed by atoms with van der Waals surface area (Å²) in [7, 11) is -1.45. The van der Waals surface area contributed by atoms with E-state index in [9.17, 15) is 0 Å². The first-order valence-electron chi connectivity index (χ1n) is 9.24. The summed E-state index contributed by atoms with van der Waals surface area (Å²) in [4.78, 5) is 0. The molecular weight excluding hydrogens is 320 g/mol. The molecule has 2 atom stereocenters. The van der Waals surface area contributed by atoms with Gasteiger partial charge in [0, 0.05) is 18.4 Å². The summed E-state index contributed by atoms with van der Waals surface area (Å²) < 4.78 is 6.11. The first-order valence-corrected chi connectivity index (χ1v) is 12.6. The second kappa shape index (κ2) is 6.43. The third-order valence-electron chi connectivity index (χ3n) is 5.18. The molecule has 2 aliphatic rings. The minimum atomic E-state index is -1.45. The van der Waals surface area contributed by atoms with Gasteiger partial charge in [0.05, 0.1) is 0 Å². The Hall–Kier alpha value is -1.90. The van der Waals surface area contributed by atoms with Gasteiger partial charge in [-0.15, -0.1) is 0 Å². The standard InChI is InChI=1S/C23H26OSi/c1-25(2,3)24-15-14-18-16-23(21-11-7-6-10-20(18)21)22-13-12-17-8-4-5-9-19(17)22/h4-13,16,22-23H,14-15H2,1-3H3. The van der Waals surface area contributed by atoms with Crippen LogP contribution in [0.4, 0.5) is 0 Å². The summed E-state index contributed by atoms with van der Waals surface area (Å²) in [5.74, 6) is 0.894. The molecule has 2 aromatic rings. The lowest BCUT2D eigenvalue weighted by molar-refractivity contribution is 0.321. The largest absolute Gasteiger partial charge is 0.417 e. The van der Waals surface area contributed by atoms with E-state index in [2.05, 4.69) is 86.4 Å². The summed E-state index contributed by atoms with van der Waals surface area (Å²) in [6, 6.07) is 17.7. The van der Waals surface area contributed by atoms with Crippen LogP contribution in [0.1, 0.15) is 40.5 Å². The minimum absolute atomic E-state index is 0.443. The molecule has 4 rings (SSSR count). The molecular formula is C23H26OSi. The number of hydrogen-bond acceptors (Lipinski definition) is 1. The van der Waals surface area contributed by atoms with Crippen LogP contribution >= 0.6 is 0 Å². The molecule has 0 aromatic heterocycles. The molecule has 0 amide bonds. The van der Waals surface area contributed by atoms with Gasteiger partial charge in [-0.3, -0.25) is 0 Å². The lowest BCUT2D eigenvalue weighted by Crippen LogP contribution is -2.25. The van der Waals surface area contributed by atoms with Crippen LogP contribution in [0.15, 0.2) is 60.7 Å². The molecule has 2 heteroatoms. The SMILES string of the molecule is C[Si](C)(C)OCCC1=CC(C2C=Cc3ccccc32)c2ccccc21. The molecule has 0 bridgehead atoms. The number of rotatable bonds is 5. The Bertz CT molecular complexity index is 841. The van der Waals surface area contributed by atoms with Crippen LogP contribution in [-0.4, -0.2) is 14.9 Å². The quantitative estimate of drug-likeness (QED) is 0.584. The van der Waals surface area contributed by atoms with Crippen molar-refractivity contribution >= 4 is 20.0 Å². The predicted molar refractivity (Wildman–Crippen MR) is 109 cm³/mol. The van der Waals surface area contributed by atoms with Crippen molar-refractivity contribution in [1.82, 2.24) is 0 Å². The minimum Gasteiger partial charge on any atom is -0.417 e. The van der Waals surface area contributed by atoms with Gasteiger partial charge in [-0.1, -0.05) is 66.8 Å². The van der Waals surface area contributed by atoms with Crippen molar-refractivity contribution in [3.8, 4) is 0 Å². The molecule has 0 heterocycles. The Morgan fingerprint density at radius 2 is 1.60 bits per heavy atom. The number of allylic oxidation sites excluding steroid dienone is 2. The lowest BCUT2D eigenvalue weighted by Gasteiger charge is -2.19. The second-order valence-corrected chi connectivity index (χ2v) is 12.5. The summed E-state index contributed by atoms with van der Waals surface area (Å²) >= 11 is 0. The first kappa shape index (κ1) is 16.6. The Labute approximate surface area is 152 Å². The van der Waals surface area contributed by atoms with Crippen LogP contribution in [0, 0.1) is 0 Å². The highest BCUT2D eigenvalue weighted by atomic mass is 28.4. The third-order valence-corrected chi connectivity index (χ3v) is 6.25. The van der Waals surface area contributed by atoms with Gasteiger partial charge in [0.15, 0.2) is 8.32 Å². The maximum Gasteiger partial charge on any atom is 0.183 e. The Balaban J connectivity index is 1.62. The molecule has 25 heavy (non-hydrogen) atoms. The topological polar surface area (TPSA) is 9.23 Å². The predicted octanol–water partition coefficient (Wildman–Crippen LogP) is 6.22. The first-order chi connectivity index (χ1) is 12.0. The smallest absolute Gasteiger partial charge is 0.183 e. The van der Waals surface area contributed by atoms with Crippen LogP contribution in [0.25, 0.3) is 11.6 Å². The highest BCUT2D eigenvalue weighted by molar-refractivity contribution is 6.69. The van der Waals surface area contributed by atoms with E-state index in [1.165, 1.54) is 27.8 Å². The van der Waals surface area contributed by atoms with Gasteiger partial charge >= 0.3 is 0 Å². The molecule has 0 radical (unpaired) electrons. The van der Waals surface area contributed by atoms with E-state index in [0.29, 0.717) is 11.8 Å². The van der Waals surface area contributed by atoms with E-state index < -0.39 is 8.32 Å². The molecule has 2 aromatic carbocycles. The summed E-state index contributed by atoms with van der Waals surface area (Å²) in [5, 5.41) is 0. The van der Waals surface area contributed by atoms with Crippen molar-refractivity contribution in [2.24, 2.45) is 0 Å². The highest BCUT2D eigenvalue weighted by Gasteiger charge is 2.31. The van der Waals surface area contributed by atoms with E-state index in [4.69, 9.17) is 4.43 Å². The van der Waals surface area contributed by atoms with Crippen molar-refractivity contribution in [2.75, 3.05) is 6.61 Å². The van der Waals surface area contributed by atoms with Gasteiger partial charge in [-0.25, -0.2) is 0 Å². The van der Waals surface area contributed by atoms with Crippen molar-refractivity contribution < 1.29 is 4.43 Å². The fraction of sp³-hybridized carbons (Fsp3) is 0.304. The van der Waals surface area contributed by atoms with Crippen molar-refractivity contribution in [3.05, 3.63) is 82.9 Å². The van der Waals surface area contributed by atoms with E-state index >= 15 is 0 Å². The van der Waals surface area contributed by atoms with Crippen LogP contribution in [0.2, 0.25) is 19.6 Å². The van der Waals surface area contributed by atoms with Crippen LogP contribution in [0.5, 0.6) is 0 Å². The van der Waals surface area contributed by atoms with Crippen LogP contribution < -0.4 is 0 Å². The van der Waals surface area contributed by atoms with Crippen molar-refractivity contribution in [3.63, 3.8) is 0 Å². The molecule has 2 aliphatic carbocycles. The average Bonchev–Trinajstić information content (AvgIpc) is 3.15. The molecule has 2 unspecified atom stereocenters. The van der Waals surface area contributed by atoms with Gasteiger partial charge in [0.25, 0.3) is 0 Å². The summed E-state index contributed by atoms with van der Waals surface area (Å²) in [6.07, 6.45) is 8.16. The fourth-order valence-corrected chi connectivity index (χ4v) is 4.76. The van der Waals surface area contributed by atoms with Crippen LogP contribution in [-0.2, 0) is 4.43 Å². The number of fused-ring (bicyclic) bond motifs is 2. The van der Waals surface area contributed by atoms with E-state index in [-0.39, 0.29) is 0 Å². The summed E-state index contributed by atoms with van der Waals surface area (Å²) in [6.45, 7) is 7.60. The van der Waals surface area contributed by atoms with Crippen LogP contribution in [0.3, 0.4) is 0 Å². The van der Waals surface area contributed by atoms with Gasteiger partial charge < -0.3 is 4.43 Å². The maximum absolute atomic E-state index is 6.11. The van der Waals surface area contributed by atoms with Crippen molar-refractivity contribution in [2.45, 2.75) is 37.9 Å². The van der Waals surface area contributed by atoms with E-state index in [1.807, 2.05) is 0 Å². The second-order valence-electron chi connectivity index (χ2n) is 8.03. The molecule has 1 nitrogen and oxygen atoms in total. The molecule has 0 N–H and O–H groups in total. The normalized spacial score (nSPS) is 21.2. The Kier molecular flexibility index (Phi) is 4.26. The van der Waals surface area contributed by atoms with Gasteiger partial charge in [0.2, 0.25) is 0 Å². The zero-order valence-corrected chi connectivity index (χ0v) is 16.3. The van der Waals surface area contributed by atoms with Crippen molar-refractivity contribution in [1.29, 1.82) is 0 Å². The van der Waals surface area contributed by atoms with E-state index in [1.54, 1.807) is 0 Å². The summed E-state index contributed by atoms with van der Waals surface area (Å²) in [5.41, 5.74) is 7.17. The lowest BCUT2D eigenvalue weighted by atomic mass is 9.84. The molecule has 0 saturated heterocycles. The molecule has 0 saturated carbocycles. The zero-order chi connectivity index (χ0) is 17.4. The Morgan fingerprint density at radius 1 is 0.880 bits per heavy atom. The van der Waals surface area contributed by atoms with Gasteiger partial charge in [0.1, 0.15) is 0 Å². The zero-order valence-electron chi connectivity index (χ0n) is 15.3. The number of hydrogen-bond donors (Lipinski definition) is 0. The number of benzene rings is 2. The van der Waals surface area contributed by atoms with E-state index in [0.717, 1.165) is 13.0 Å². The maximum atomic E-state index is 6.11. The molecule has 0 fully saturated rings. The molecule has 0 spiro atoms. The molecule has 128 valence electrons.